The molecule has 0 fully saturated rings. The first-order chi connectivity index (χ1) is 12.2. The van der Waals surface area contributed by atoms with Gasteiger partial charge in [0.15, 0.2) is 0 Å². The lowest BCUT2D eigenvalue weighted by Gasteiger charge is -2.06. The van der Waals surface area contributed by atoms with Crippen molar-refractivity contribution in [1.82, 2.24) is 0 Å². The van der Waals surface area contributed by atoms with Crippen molar-refractivity contribution >= 4 is 18.6 Å². The van der Waals surface area contributed by atoms with Crippen LogP contribution < -0.4 is 0 Å². The van der Waals surface area contributed by atoms with Crippen molar-refractivity contribution in [3.63, 3.8) is 0 Å². The van der Waals surface area contributed by atoms with Crippen LogP contribution >= 0.6 is 0 Å². The van der Waals surface area contributed by atoms with Crippen LogP contribution in [0.2, 0.25) is 0 Å². The zero-order valence-corrected chi connectivity index (χ0v) is 16.0. The Bertz CT molecular complexity index is 537. The van der Waals surface area contributed by atoms with Crippen LogP contribution in [-0.2, 0) is 0 Å². The highest BCUT2D eigenvalue weighted by molar-refractivity contribution is 5.96. The summed E-state index contributed by atoms with van der Waals surface area (Å²) < 4.78 is 0. The number of phenolic OH excluding ortho intramolecular Hbond substituents is 1. The first-order valence-electron chi connectivity index (χ1n) is 9.59. The van der Waals surface area contributed by atoms with Gasteiger partial charge in [-0.1, -0.05) is 40.0 Å². The van der Waals surface area contributed by atoms with Gasteiger partial charge in [-0.3, -0.25) is 15.0 Å². The van der Waals surface area contributed by atoms with E-state index < -0.39 is 0 Å². The van der Waals surface area contributed by atoms with E-state index in [4.69, 9.17) is 0 Å². The van der Waals surface area contributed by atoms with Crippen LogP contribution in [0, 0.1) is 0 Å². The normalized spacial score (nSPS) is 12.1. The molecule has 0 aliphatic heterocycles. The van der Waals surface area contributed by atoms with E-state index in [9.17, 15) is 5.11 Å². The molecule has 0 spiro atoms. The molecule has 0 radical (unpaired) electrons. The molecule has 0 aliphatic carbocycles. The highest BCUT2D eigenvalue weighted by Crippen LogP contribution is 2.22. The van der Waals surface area contributed by atoms with Crippen LogP contribution in [0.3, 0.4) is 0 Å². The molecule has 0 aliphatic rings. The van der Waals surface area contributed by atoms with E-state index in [1.54, 1.807) is 12.4 Å². The molecule has 0 bridgehead atoms. The van der Waals surface area contributed by atoms with Crippen molar-refractivity contribution < 1.29 is 5.11 Å². The van der Waals surface area contributed by atoms with Crippen LogP contribution in [0.15, 0.2) is 27.1 Å². The third kappa shape index (κ3) is 8.62. The van der Waals surface area contributed by atoms with Crippen LogP contribution in [0.4, 0.5) is 0 Å². The standard InChI is InChI=1S/C21H33N3O/c1-4-7-10-22-15-18-13-19(16-23-11-8-5-2)21(25)20(14-18)17-24-12-9-6-3/h13-17,25H,4-12H2,1-3H3/b22-15+,23-16+,24-17+. The predicted octanol–water partition coefficient (Wildman–Crippen LogP) is 5.05. The van der Waals surface area contributed by atoms with Crippen LogP contribution in [0.1, 0.15) is 76.0 Å². The molecule has 0 heterocycles. The van der Waals surface area contributed by atoms with E-state index in [-0.39, 0.29) is 5.75 Å². The lowest BCUT2D eigenvalue weighted by molar-refractivity contribution is 0.473. The minimum absolute atomic E-state index is 0.242. The average molecular weight is 344 g/mol. The van der Waals surface area contributed by atoms with Crippen molar-refractivity contribution in [2.75, 3.05) is 19.6 Å². The first-order valence-corrected chi connectivity index (χ1v) is 9.59. The van der Waals surface area contributed by atoms with Gasteiger partial charge in [0.2, 0.25) is 0 Å². The fourth-order valence-corrected chi connectivity index (χ4v) is 2.22. The van der Waals surface area contributed by atoms with E-state index >= 15 is 0 Å². The van der Waals surface area contributed by atoms with Crippen molar-refractivity contribution in [1.29, 1.82) is 0 Å². The lowest BCUT2D eigenvalue weighted by atomic mass is 10.1. The summed E-state index contributed by atoms with van der Waals surface area (Å²) >= 11 is 0. The number of nitrogens with zero attached hydrogens (tertiary/aromatic N) is 3. The minimum atomic E-state index is 0.242. The molecule has 4 heteroatoms. The Morgan fingerprint density at radius 2 is 1.12 bits per heavy atom. The Morgan fingerprint density at radius 1 is 0.720 bits per heavy atom. The van der Waals surface area contributed by atoms with E-state index in [2.05, 4.69) is 35.7 Å². The summed E-state index contributed by atoms with van der Waals surface area (Å²) in [5, 5.41) is 10.5. The number of rotatable bonds is 12. The van der Waals surface area contributed by atoms with Gasteiger partial charge in [0.25, 0.3) is 0 Å². The third-order valence-corrected chi connectivity index (χ3v) is 3.81. The summed E-state index contributed by atoms with van der Waals surface area (Å²) in [5.74, 6) is 0.242. The quantitative estimate of drug-likeness (QED) is 0.419. The number of benzene rings is 1. The Hall–Kier alpha value is -1.97. The molecule has 0 unspecified atom stereocenters. The molecule has 1 N–H and O–H groups in total. The molecular formula is C21H33N3O. The number of phenols is 1. The molecule has 0 saturated carbocycles. The molecule has 1 aromatic rings. The van der Waals surface area contributed by atoms with Crippen LogP contribution in [-0.4, -0.2) is 43.4 Å². The number of unbranched alkanes of at least 4 members (excludes halogenated alkanes) is 3. The highest BCUT2D eigenvalue weighted by atomic mass is 16.3. The Labute approximate surface area is 152 Å². The summed E-state index contributed by atoms with van der Waals surface area (Å²) in [6.45, 7) is 8.84. The SMILES string of the molecule is CCCC/N=C/c1cc(/C=N/CCCC)c(O)c(/C=N/CCCC)c1. The first kappa shape index (κ1) is 21.1. The summed E-state index contributed by atoms with van der Waals surface area (Å²) in [4.78, 5) is 13.3. The topological polar surface area (TPSA) is 57.3 Å². The maximum Gasteiger partial charge on any atom is 0.133 e. The number of hydrogen-bond donors (Lipinski definition) is 1. The molecule has 0 amide bonds. The summed E-state index contributed by atoms with van der Waals surface area (Å²) in [7, 11) is 0. The summed E-state index contributed by atoms with van der Waals surface area (Å²) in [6, 6.07) is 3.87. The number of aromatic hydroxyl groups is 1. The molecule has 4 nitrogen and oxygen atoms in total. The summed E-state index contributed by atoms with van der Waals surface area (Å²) in [6.07, 6.45) is 12.0. The van der Waals surface area contributed by atoms with Crippen LogP contribution in [0.5, 0.6) is 5.75 Å². The van der Waals surface area contributed by atoms with Gasteiger partial charge in [0.05, 0.1) is 0 Å². The molecule has 0 saturated heterocycles. The molecular weight excluding hydrogens is 310 g/mol. The average Bonchev–Trinajstić information content (AvgIpc) is 2.62. The smallest absolute Gasteiger partial charge is 0.133 e. The minimum Gasteiger partial charge on any atom is -0.507 e. The highest BCUT2D eigenvalue weighted by Gasteiger charge is 2.06. The van der Waals surface area contributed by atoms with Gasteiger partial charge in [-0.15, -0.1) is 0 Å². The van der Waals surface area contributed by atoms with Crippen molar-refractivity contribution in [3.05, 3.63) is 28.8 Å². The second-order valence-electron chi connectivity index (χ2n) is 6.21. The summed E-state index contributed by atoms with van der Waals surface area (Å²) in [5.41, 5.74) is 2.43. The van der Waals surface area contributed by atoms with Gasteiger partial charge < -0.3 is 5.11 Å². The fourth-order valence-electron chi connectivity index (χ4n) is 2.22. The maximum absolute atomic E-state index is 10.5. The van der Waals surface area contributed by atoms with Crippen molar-refractivity contribution in [2.24, 2.45) is 15.0 Å². The Balaban J connectivity index is 3.00. The van der Waals surface area contributed by atoms with Gasteiger partial charge >= 0.3 is 0 Å². The van der Waals surface area contributed by atoms with E-state index in [1.165, 1.54) is 0 Å². The van der Waals surface area contributed by atoms with Gasteiger partial charge in [-0.2, -0.15) is 0 Å². The van der Waals surface area contributed by atoms with Gasteiger partial charge in [-0.05, 0) is 37.0 Å². The zero-order valence-electron chi connectivity index (χ0n) is 16.0. The second kappa shape index (κ2) is 13.3. The lowest BCUT2D eigenvalue weighted by Crippen LogP contribution is -1.96. The zero-order chi connectivity index (χ0) is 18.3. The predicted molar refractivity (Wildman–Crippen MR) is 110 cm³/mol. The largest absolute Gasteiger partial charge is 0.507 e. The Morgan fingerprint density at radius 3 is 1.52 bits per heavy atom. The van der Waals surface area contributed by atoms with E-state index in [1.807, 2.05) is 18.3 Å². The number of aliphatic imine (C=N–C) groups is 3. The monoisotopic (exact) mass is 343 g/mol. The van der Waals surface area contributed by atoms with Gasteiger partial charge in [0.1, 0.15) is 5.75 Å². The van der Waals surface area contributed by atoms with Gasteiger partial charge in [0, 0.05) is 49.4 Å². The molecule has 138 valence electrons. The maximum atomic E-state index is 10.5. The molecule has 0 aromatic heterocycles. The van der Waals surface area contributed by atoms with Crippen molar-refractivity contribution in [3.8, 4) is 5.75 Å². The Kier molecular flexibility index (Phi) is 11.2. The van der Waals surface area contributed by atoms with Gasteiger partial charge in [-0.25, -0.2) is 0 Å². The molecule has 1 aromatic carbocycles. The molecule has 0 atom stereocenters. The number of hydrogen-bond acceptors (Lipinski definition) is 4. The van der Waals surface area contributed by atoms with E-state index in [0.29, 0.717) is 0 Å². The van der Waals surface area contributed by atoms with E-state index in [0.717, 1.165) is 74.8 Å². The second-order valence-corrected chi connectivity index (χ2v) is 6.21. The van der Waals surface area contributed by atoms with Crippen LogP contribution in [0.25, 0.3) is 0 Å². The van der Waals surface area contributed by atoms with Crippen molar-refractivity contribution in [2.45, 2.75) is 59.3 Å². The molecule has 25 heavy (non-hydrogen) atoms. The molecule has 1 rings (SSSR count). The fraction of sp³-hybridized carbons (Fsp3) is 0.571. The third-order valence-electron chi connectivity index (χ3n) is 3.81.